The molecule has 0 aliphatic rings. The van der Waals surface area contributed by atoms with Gasteiger partial charge in [-0.1, -0.05) is 12.1 Å². The van der Waals surface area contributed by atoms with Gasteiger partial charge in [0, 0.05) is 6.20 Å². The molecule has 0 aliphatic carbocycles. The number of nitrogen functional groups attached to an aromatic ring is 1. The van der Waals surface area contributed by atoms with Gasteiger partial charge in [0.1, 0.15) is 0 Å². The topological polar surface area (TPSA) is 63.8 Å². The second kappa shape index (κ2) is 4.61. The van der Waals surface area contributed by atoms with Crippen molar-refractivity contribution in [3.05, 3.63) is 47.8 Å². The van der Waals surface area contributed by atoms with Crippen LogP contribution in [0.5, 0.6) is 0 Å². The lowest BCUT2D eigenvalue weighted by Crippen LogP contribution is -2.05. The van der Waals surface area contributed by atoms with Crippen LogP contribution in [0.2, 0.25) is 0 Å². The number of rotatable bonds is 3. The van der Waals surface area contributed by atoms with Crippen LogP contribution < -0.4 is 11.1 Å². The first-order valence-electron chi connectivity index (χ1n) is 5.13. The Hall–Kier alpha value is -2.10. The molecule has 2 aromatic rings. The third kappa shape index (κ3) is 2.28. The summed E-state index contributed by atoms with van der Waals surface area (Å²) in [6, 6.07) is 9.71. The molecule has 3 N–H and O–H groups in total. The van der Waals surface area contributed by atoms with Crippen LogP contribution in [-0.4, -0.2) is 10.2 Å². The Kier molecular flexibility index (Phi) is 3.00. The van der Waals surface area contributed by atoms with E-state index in [-0.39, 0.29) is 0 Å². The predicted molar refractivity (Wildman–Crippen MR) is 65.0 cm³/mol. The van der Waals surface area contributed by atoms with Crippen LogP contribution in [0.1, 0.15) is 11.3 Å². The number of aryl methyl sites for hydroxylation is 1. The Morgan fingerprint density at radius 3 is 2.88 bits per heavy atom. The molecule has 0 atom stereocenters. The normalized spacial score (nSPS) is 10.1. The van der Waals surface area contributed by atoms with Crippen molar-refractivity contribution >= 4 is 11.4 Å². The summed E-state index contributed by atoms with van der Waals surface area (Å²) >= 11 is 0. The molecular weight excluding hydrogens is 200 g/mol. The monoisotopic (exact) mass is 214 g/mol. The number of hydrogen-bond donors (Lipinski definition) is 2. The Balaban J connectivity index is 2.08. The van der Waals surface area contributed by atoms with Crippen LogP contribution in [0, 0.1) is 6.92 Å². The summed E-state index contributed by atoms with van der Waals surface area (Å²) in [7, 11) is 0. The van der Waals surface area contributed by atoms with Crippen LogP contribution in [0.25, 0.3) is 0 Å². The first-order valence-corrected chi connectivity index (χ1v) is 5.13. The minimum Gasteiger partial charge on any atom is -0.397 e. The van der Waals surface area contributed by atoms with E-state index >= 15 is 0 Å². The van der Waals surface area contributed by atoms with Gasteiger partial charge < -0.3 is 11.1 Å². The molecule has 4 heteroatoms. The number of anilines is 2. The van der Waals surface area contributed by atoms with Gasteiger partial charge in [0.05, 0.1) is 23.6 Å². The van der Waals surface area contributed by atoms with Crippen molar-refractivity contribution in [1.82, 2.24) is 10.2 Å². The molecule has 0 unspecified atom stereocenters. The van der Waals surface area contributed by atoms with Crippen molar-refractivity contribution in [1.29, 1.82) is 0 Å². The fourth-order valence-electron chi connectivity index (χ4n) is 1.45. The first-order chi connectivity index (χ1) is 7.77. The SMILES string of the molecule is Cc1cccc(NCc2cccnn2)c1N. The van der Waals surface area contributed by atoms with Gasteiger partial charge in [0.25, 0.3) is 0 Å². The number of aromatic nitrogens is 2. The molecule has 2 rings (SSSR count). The third-order valence-corrected chi connectivity index (χ3v) is 2.41. The summed E-state index contributed by atoms with van der Waals surface area (Å²) in [6.45, 7) is 2.62. The number of hydrogen-bond acceptors (Lipinski definition) is 4. The average Bonchev–Trinajstić information content (AvgIpc) is 2.32. The highest BCUT2D eigenvalue weighted by Crippen LogP contribution is 2.21. The number of para-hydroxylation sites is 1. The molecular formula is C12H14N4. The Morgan fingerprint density at radius 2 is 2.12 bits per heavy atom. The van der Waals surface area contributed by atoms with E-state index in [0.29, 0.717) is 6.54 Å². The second-order valence-electron chi connectivity index (χ2n) is 3.60. The molecule has 82 valence electrons. The highest BCUT2D eigenvalue weighted by atomic mass is 15.1. The molecule has 0 amide bonds. The summed E-state index contributed by atoms with van der Waals surface area (Å²) in [5.41, 5.74) is 9.63. The molecule has 0 spiro atoms. The average molecular weight is 214 g/mol. The lowest BCUT2D eigenvalue weighted by atomic mass is 10.1. The van der Waals surface area contributed by atoms with Crippen LogP contribution in [0.3, 0.4) is 0 Å². The fourth-order valence-corrected chi connectivity index (χ4v) is 1.45. The first kappa shape index (κ1) is 10.4. The molecule has 1 aromatic carbocycles. The zero-order valence-electron chi connectivity index (χ0n) is 9.14. The molecule has 0 saturated heterocycles. The van der Waals surface area contributed by atoms with Crippen molar-refractivity contribution in [2.75, 3.05) is 11.1 Å². The summed E-state index contributed by atoms with van der Waals surface area (Å²) in [4.78, 5) is 0. The maximum absolute atomic E-state index is 5.95. The number of nitrogens with zero attached hydrogens (tertiary/aromatic N) is 2. The van der Waals surface area contributed by atoms with E-state index < -0.39 is 0 Å². The molecule has 0 radical (unpaired) electrons. The van der Waals surface area contributed by atoms with E-state index in [1.807, 2.05) is 37.3 Å². The minimum absolute atomic E-state index is 0.626. The Bertz CT molecular complexity index is 468. The van der Waals surface area contributed by atoms with Gasteiger partial charge >= 0.3 is 0 Å². The fraction of sp³-hybridized carbons (Fsp3) is 0.167. The van der Waals surface area contributed by atoms with Crippen LogP contribution >= 0.6 is 0 Å². The number of benzene rings is 1. The maximum Gasteiger partial charge on any atom is 0.0821 e. The van der Waals surface area contributed by atoms with Gasteiger partial charge in [-0.25, -0.2) is 0 Å². The molecule has 16 heavy (non-hydrogen) atoms. The highest BCUT2D eigenvalue weighted by Gasteiger charge is 2.01. The summed E-state index contributed by atoms with van der Waals surface area (Å²) in [6.07, 6.45) is 1.66. The van der Waals surface area contributed by atoms with E-state index in [0.717, 1.165) is 22.6 Å². The van der Waals surface area contributed by atoms with E-state index in [9.17, 15) is 0 Å². The number of nitrogens with two attached hydrogens (primary N) is 1. The van der Waals surface area contributed by atoms with E-state index in [2.05, 4.69) is 15.5 Å². The van der Waals surface area contributed by atoms with Crippen molar-refractivity contribution in [3.8, 4) is 0 Å². The summed E-state index contributed by atoms with van der Waals surface area (Å²) < 4.78 is 0. The molecule has 1 aromatic heterocycles. The van der Waals surface area contributed by atoms with E-state index in [1.54, 1.807) is 6.20 Å². The molecule has 0 aliphatic heterocycles. The van der Waals surface area contributed by atoms with Crippen LogP contribution in [0.15, 0.2) is 36.5 Å². The molecule has 0 bridgehead atoms. The summed E-state index contributed by atoms with van der Waals surface area (Å²) in [5.74, 6) is 0. The van der Waals surface area contributed by atoms with Crippen molar-refractivity contribution in [3.63, 3.8) is 0 Å². The highest BCUT2D eigenvalue weighted by molar-refractivity contribution is 5.69. The Labute approximate surface area is 94.5 Å². The van der Waals surface area contributed by atoms with Crippen molar-refractivity contribution in [2.24, 2.45) is 0 Å². The largest absolute Gasteiger partial charge is 0.397 e. The Morgan fingerprint density at radius 1 is 1.25 bits per heavy atom. The van der Waals surface area contributed by atoms with E-state index in [4.69, 9.17) is 5.73 Å². The molecule has 1 heterocycles. The van der Waals surface area contributed by atoms with Gasteiger partial charge in [0.2, 0.25) is 0 Å². The maximum atomic E-state index is 5.95. The van der Waals surface area contributed by atoms with Crippen molar-refractivity contribution < 1.29 is 0 Å². The molecule has 4 nitrogen and oxygen atoms in total. The van der Waals surface area contributed by atoms with Gasteiger partial charge in [0.15, 0.2) is 0 Å². The quantitative estimate of drug-likeness (QED) is 0.767. The standard InChI is InChI=1S/C12H14N4/c1-9-4-2-6-11(12(9)13)14-8-10-5-3-7-15-16-10/h2-7,14H,8,13H2,1H3. The van der Waals surface area contributed by atoms with Crippen LogP contribution in [-0.2, 0) is 6.54 Å². The van der Waals surface area contributed by atoms with Crippen LogP contribution in [0.4, 0.5) is 11.4 Å². The lowest BCUT2D eigenvalue weighted by molar-refractivity contribution is 0.925. The van der Waals surface area contributed by atoms with E-state index in [1.165, 1.54) is 0 Å². The minimum atomic E-state index is 0.626. The van der Waals surface area contributed by atoms with Gasteiger partial charge in [-0.15, -0.1) is 0 Å². The van der Waals surface area contributed by atoms with Gasteiger partial charge in [-0.05, 0) is 30.7 Å². The predicted octanol–water partition coefficient (Wildman–Crippen LogP) is 1.98. The summed E-state index contributed by atoms with van der Waals surface area (Å²) in [5, 5.41) is 11.1. The van der Waals surface area contributed by atoms with Gasteiger partial charge in [-0.3, -0.25) is 0 Å². The molecule has 0 fully saturated rings. The second-order valence-corrected chi connectivity index (χ2v) is 3.60. The zero-order valence-corrected chi connectivity index (χ0v) is 9.14. The van der Waals surface area contributed by atoms with Gasteiger partial charge in [-0.2, -0.15) is 10.2 Å². The zero-order chi connectivity index (χ0) is 11.4. The smallest absolute Gasteiger partial charge is 0.0821 e. The molecule has 0 saturated carbocycles. The third-order valence-electron chi connectivity index (χ3n) is 2.41. The number of nitrogens with one attached hydrogen (secondary N) is 1. The lowest BCUT2D eigenvalue weighted by Gasteiger charge is -2.10. The van der Waals surface area contributed by atoms with Crippen molar-refractivity contribution in [2.45, 2.75) is 13.5 Å².